The van der Waals surface area contributed by atoms with Crippen molar-refractivity contribution in [2.24, 2.45) is 0 Å². The van der Waals surface area contributed by atoms with E-state index >= 15 is 0 Å². The third-order valence-electron chi connectivity index (χ3n) is 3.76. The Hall–Kier alpha value is -3.02. The van der Waals surface area contributed by atoms with Gasteiger partial charge in [-0.2, -0.15) is 4.98 Å². The molecule has 0 aliphatic carbocycles. The zero-order valence-corrected chi connectivity index (χ0v) is 13.7. The Bertz CT molecular complexity index is 860. The van der Waals surface area contributed by atoms with Gasteiger partial charge in [-0.05, 0) is 23.1 Å². The minimum absolute atomic E-state index is 0.0243. The van der Waals surface area contributed by atoms with Crippen LogP contribution in [-0.4, -0.2) is 15.1 Å². The van der Waals surface area contributed by atoms with E-state index in [2.05, 4.69) is 43.0 Å². The molecule has 0 saturated heterocycles. The Kier molecular flexibility index (Phi) is 3.89. The van der Waals surface area contributed by atoms with Gasteiger partial charge in [-0.1, -0.05) is 50.2 Å². The lowest BCUT2D eigenvalue weighted by Gasteiger charge is -2.18. The number of rotatable bonds is 3. The lowest BCUT2D eigenvalue weighted by molar-refractivity contribution is -0.384. The zero-order chi connectivity index (χ0) is 17.3. The van der Waals surface area contributed by atoms with Crippen molar-refractivity contribution in [2.75, 3.05) is 0 Å². The highest BCUT2D eigenvalue weighted by molar-refractivity contribution is 5.61. The molecule has 0 N–H and O–H groups in total. The van der Waals surface area contributed by atoms with E-state index in [0.717, 1.165) is 5.56 Å². The molecule has 0 radical (unpaired) electrons. The highest BCUT2D eigenvalue weighted by Gasteiger charge is 2.15. The third kappa shape index (κ3) is 3.17. The van der Waals surface area contributed by atoms with E-state index in [9.17, 15) is 10.1 Å². The molecule has 0 unspecified atom stereocenters. The highest BCUT2D eigenvalue weighted by atomic mass is 16.6. The van der Waals surface area contributed by atoms with Crippen LogP contribution in [0.5, 0.6) is 0 Å². The van der Waals surface area contributed by atoms with Gasteiger partial charge in [0.15, 0.2) is 0 Å². The average molecular weight is 323 g/mol. The quantitative estimate of drug-likeness (QED) is 0.519. The fraction of sp³-hybridized carbons (Fsp3) is 0.222. The van der Waals surface area contributed by atoms with Crippen molar-refractivity contribution < 1.29 is 9.45 Å². The smallest absolute Gasteiger partial charge is 0.269 e. The molecule has 2 aromatic carbocycles. The summed E-state index contributed by atoms with van der Waals surface area (Å²) < 4.78 is 5.27. The van der Waals surface area contributed by atoms with Gasteiger partial charge in [-0.15, -0.1) is 0 Å². The van der Waals surface area contributed by atoms with E-state index in [4.69, 9.17) is 4.52 Å². The van der Waals surface area contributed by atoms with Crippen LogP contribution in [0.1, 0.15) is 26.3 Å². The highest BCUT2D eigenvalue weighted by Crippen LogP contribution is 2.27. The van der Waals surface area contributed by atoms with Crippen molar-refractivity contribution in [2.45, 2.75) is 26.2 Å². The molecule has 1 aromatic heterocycles. The van der Waals surface area contributed by atoms with E-state index in [1.54, 1.807) is 12.1 Å². The molecule has 6 nitrogen and oxygen atoms in total. The van der Waals surface area contributed by atoms with E-state index in [1.165, 1.54) is 17.7 Å². The molecule has 3 rings (SSSR count). The van der Waals surface area contributed by atoms with Crippen LogP contribution >= 0.6 is 0 Å². The first-order valence-corrected chi connectivity index (χ1v) is 7.54. The van der Waals surface area contributed by atoms with Gasteiger partial charge >= 0.3 is 0 Å². The Balaban J connectivity index is 1.86. The Labute approximate surface area is 139 Å². The predicted molar refractivity (Wildman–Crippen MR) is 90.5 cm³/mol. The van der Waals surface area contributed by atoms with E-state index in [0.29, 0.717) is 17.3 Å². The summed E-state index contributed by atoms with van der Waals surface area (Å²) in [6.07, 6.45) is 0. The lowest BCUT2D eigenvalue weighted by Crippen LogP contribution is -2.10. The first-order chi connectivity index (χ1) is 11.3. The normalized spacial score (nSPS) is 11.5. The van der Waals surface area contributed by atoms with E-state index < -0.39 is 4.92 Å². The van der Waals surface area contributed by atoms with Crippen LogP contribution in [0.15, 0.2) is 53.1 Å². The molecule has 122 valence electrons. The van der Waals surface area contributed by atoms with Crippen LogP contribution in [0.3, 0.4) is 0 Å². The van der Waals surface area contributed by atoms with Gasteiger partial charge < -0.3 is 4.52 Å². The summed E-state index contributed by atoms with van der Waals surface area (Å²) >= 11 is 0. The van der Waals surface area contributed by atoms with Crippen LogP contribution in [0.4, 0.5) is 5.69 Å². The monoisotopic (exact) mass is 323 g/mol. The van der Waals surface area contributed by atoms with Gasteiger partial charge in [0.25, 0.3) is 11.6 Å². The lowest BCUT2D eigenvalue weighted by atomic mass is 9.87. The van der Waals surface area contributed by atoms with Crippen molar-refractivity contribution in [3.8, 4) is 22.8 Å². The number of hydrogen-bond donors (Lipinski definition) is 0. The van der Waals surface area contributed by atoms with Crippen LogP contribution in [0.25, 0.3) is 22.8 Å². The maximum Gasteiger partial charge on any atom is 0.269 e. The third-order valence-corrected chi connectivity index (χ3v) is 3.76. The fourth-order valence-corrected chi connectivity index (χ4v) is 2.30. The summed E-state index contributed by atoms with van der Waals surface area (Å²) in [4.78, 5) is 14.6. The number of non-ortho nitro benzene ring substituents is 1. The SMILES string of the molecule is CC(C)(C)c1ccc(-c2noc(-c3ccc([N+](=O)[O-])cc3)n2)cc1. The molecule has 0 bridgehead atoms. The van der Waals surface area contributed by atoms with Crippen molar-refractivity contribution >= 4 is 5.69 Å². The van der Waals surface area contributed by atoms with Crippen LogP contribution in [-0.2, 0) is 5.41 Å². The summed E-state index contributed by atoms with van der Waals surface area (Å²) in [5.41, 5.74) is 2.84. The van der Waals surface area contributed by atoms with Gasteiger partial charge in [0.1, 0.15) is 0 Å². The molecule has 3 aromatic rings. The average Bonchev–Trinajstić information content (AvgIpc) is 3.04. The molecule has 0 fully saturated rings. The number of aromatic nitrogens is 2. The van der Waals surface area contributed by atoms with Crippen molar-refractivity contribution in [3.63, 3.8) is 0 Å². The number of nitrogens with zero attached hydrogens (tertiary/aromatic N) is 3. The van der Waals surface area contributed by atoms with Gasteiger partial charge in [-0.25, -0.2) is 0 Å². The number of benzene rings is 2. The second kappa shape index (κ2) is 5.88. The van der Waals surface area contributed by atoms with Crippen LogP contribution < -0.4 is 0 Å². The van der Waals surface area contributed by atoms with Gasteiger partial charge in [0.05, 0.1) is 4.92 Å². The van der Waals surface area contributed by atoms with Gasteiger partial charge in [0.2, 0.25) is 5.82 Å². The van der Waals surface area contributed by atoms with Crippen LogP contribution in [0, 0.1) is 10.1 Å². The molecule has 0 amide bonds. The summed E-state index contributed by atoms with van der Waals surface area (Å²) in [5, 5.41) is 14.7. The van der Waals surface area contributed by atoms with Crippen molar-refractivity contribution in [1.82, 2.24) is 10.1 Å². The second-order valence-corrected chi connectivity index (χ2v) is 6.55. The second-order valence-electron chi connectivity index (χ2n) is 6.55. The molecule has 0 aliphatic heterocycles. The molecular weight excluding hydrogens is 306 g/mol. The molecular formula is C18H17N3O3. The summed E-state index contributed by atoms with van der Waals surface area (Å²) in [5.74, 6) is 0.823. The predicted octanol–water partition coefficient (Wildman–Crippen LogP) is 4.61. The summed E-state index contributed by atoms with van der Waals surface area (Å²) in [6.45, 7) is 6.47. The number of hydrogen-bond acceptors (Lipinski definition) is 5. The summed E-state index contributed by atoms with van der Waals surface area (Å²) in [6, 6.07) is 14.1. The molecule has 0 saturated carbocycles. The molecule has 0 spiro atoms. The first kappa shape index (κ1) is 15.9. The van der Waals surface area contributed by atoms with Crippen molar-refractivity contribution in [3.05, 3.63) is 64.2 Å². The van der Waals surface area contributed by atoms with Crippen LogP contribution in [0.2, 0.25) is 0 Å². The molecule has 24 heavy (non-hydrogen) atoms. The van der Waals surface area contributed by atoms with Gasteiger partial charge in [-0.3, -0.25) is 10.1 Å². The minimum atomic E-state index is -0.445. The largest absolute Gasteiger partial charge is 0.334 e. The molecule has 1 heterocycles. The summed E-state index contributed by atoms with van der Waals surface area (Å²) in [7, 11) is 0. The van der Waals surface area contributed by atoms with E-state index in [-0.39, 0.29) is 11.1 Å². The molecule has 0 atom stereocenters. The van der Waals surface area contributed by atoms with Gasteiger partial charge in [0, 0.05) is 23.3 Å². The van der Waals surface area contributed by atoms with E-state index in [1.807, 2.05) is 12.1 Å². The molecule has 6 heteroatoms. The standard InChI is InChI=1S/C18H17N3O3/c1-18(2,3)14-8-4-12(5-9-14)16-19-17(24-20-16)13-6-10-15(11-7-13)21(22)23/h4-11H,1-3H3. The Morgan fingerprint density at radius 3 is 2.08 bits per heavy atom. The minimum Gasteiger partial charge on any atom is -0.334 e. The Morgan fingerprint density at radius 1 is 0.958 bits per heavy atom. The topological polar surface area (TPSA) is 82.1 Å². The maximum atomic E-state index is 10.7. The number of nitro benzene ring substituents is 1. The number of nitro groups is 1. The first-order valence-electron chi connectivity index (χ1n) is 7.54. The van der Waals surface area contributed by atoms with Crippen molar-refractivity contribution in [1.29, 1.82) is 0 Å². The Morgan fingerprint density at radius 2 is 1.54 bits per heavy atom. The maximum absolute atomic E-state index is 10.7. The zero-order valence-electron chi connectivity index (χ0n) is 13.7. The fourth-order valence-electron chi connectivity index (χ4n) is 2.30. The molecule has 0 aliphatic rings.